The van der Waals surface area contributed by atoms with E-state index in [1.807, 2.05) is 17.0 Å². The zero-order chi connectivity index (χ0) is 15.4. The fourth-order valence-corrected chi connectivity index (χ4v) is 1.80. The molecule has 1 unspecified atom stereocenters. The Hall–Kier alpha value is -1.07. The molecule has 0 saturated carbocycles. The van der Waals surface area contributed by atoms with Crippen molar-refractivity contribution in [3.63, 3.8) is 0 Å². The van der Waals surface area contributed by atoms with Crippen molar-refractivity contribution in [2.45, 2.75) is 52.5 Å². The first-order valence-electron chi connectivity index (χ1n) is 7.64. The lowest BCUT2D eigenvalue weighted by atomic mass is 10.1. The van der Waals surface area contributed by atoms with Crippen molar-refractivity contribution in [2.75, 3.05) is 26.8 Å². The SMILES string of the molecule is C=CNN(CC)CNC(C)CCC(=O)N(C)CCCC. The predicted octanol–water partition coefficient (Wildman–Crippen LogP) is 1.93. The lowest BCUT2D eigenvalue weighted by molar-refractivity contribution is -0.130. The first kappa shape index (κ1) is 18.9. The maximum absolute atomic E-state index is 11.9. The van der Waals surface area contributed by atoms with E-state index in [-0.39, 0.29) is 5.91 Å². The van der Waals surface area contributed by atoms with E-state index in [4.69, 9.17) is 0 Å². The smallest absolute Gasteiger partial charge is 0.222 e. The van der Waals surface area contributed by atoms with E-state index < -0.39 is 0 Å². The van der Waals surface area contributed by atoms with Crippen LogP contribution in [0.3, 0.4) is 0 Å². The Balaban J connectivity index is 3.83. The van der Waals surface area contributed by atoms with Gasteiger partial charge in [-0.3, -0.25) is 4.79 Å². The van der Waals surface area contributed by atoms with Crippen LogP contribution >= 0.6 is 0 Å². The van der Waals surface area contributed by atoms with Gasteiger partial charge in [0.25, 0.3) is 0 Å². The van der Waals surface area contributed by atoms with Crippen molar-refractivity contribution >= 4 is 5.91 Å². The average Bonchev–Trinajstić information content (AvgIpc) is 2.46. The minimum atomic E-state index is 0.240. The van der Waals surface area contributed by atoms with Gasteiger partial charge in [0.05, 0.1) is 6.67 Å². The average molecular weight is 284 g/mol. The number of hydrogen-bond acceptors (Lipinski definition) is 4. The van der Waals surface area contributed by atoms with Crippen molar-refractivity contribution < 1.29 is 4.79 Å². The Morgan fingerprint density at radius 1 is 1.40 bits per heavy atom. The molecule has 118 valence electrons. The predicted molar refractivity (Wildman–Crippen MR) is 85.0 cm³/mol. The Bertz CT molecular complexity index is 271. The Kier molecular flexibility index (Phi) is 11.1. The van der Waals surface area contributed by atoms with Crippen LogP contribution < -0.4 is 10.7 Å². The maximum atomic E-state index is 11.9. The highest BCUT2D eigenvalue weighted by Crippen LogP contribution is 2.02. The zero-order valence-electron chi connectivity index (χ0n) is 13.6. The number of hydrogen-bond donors (Lipinski definition) is 2. The summed E-state index contributed by atoms with van der Waals surface area (Å²) in [6, 6.07) is 0.319. The zero-order valence-corrected chi connectivity index (χ0v) is 13.6. The summed E-state index contributed by atoms with van der Waals surface area (Å²) in [5, 5.41) is 5.43. The molecule has 1 amide bonds. The second-order valence-electron chi connectivity index (χ2n) is 5.16. The van der Waals surface area contributed by atoms with E-state index in [0.29, 0.717) is 12.5 Å². The maximum Gasteiger partial charge on any atom is 0.222 e. The van der Waals surface area contributed by atoms with Gasteiger partial charge in [-0.25, -0.2) is 5.01 Å². The molecule has 0 fully saturated rings. The largest absolute Gasteiger partial charge is 0.346 e. The highest BCUT2D eigenvalue weighted by Gasteiger charge is 2.11. The molecule has 1 atom stereocenters. The lowest BCUT2D eigenvalue weighted by Crippen LogP contribution is -2.44. The van der Waals surface area contributed by atoms with Gasteiger partial charge < -0.3 is 15.6 Å². The minimum absolute atomic E-state index is 0.240. The van der Waals surface area contributed by atoms with Crippen LogP contribution in [0.25, 0.3) is 0 Å². The molecule has 0 radical (unpaired) electrons. The first-order valence-corrected chi connectivity index (χ1v) is 7.64. The molecule has 20 heavy (non-hydrogen) atoms. The summed E-state index contributed by atoms with van der Waals surface area (Å²) in [6.45, 7) is 12.5. The third-order valence-electron chi connectivity index (χ3n) is 3.35. The molecule has 0 bridgehead atoms. The lowest BCUT2D eigenvalue weighted by Gasteiger charge is -2.24. The van der Waals surface area contributed by atoms with Gasteiger partial charge in [-0.15, -0.1) is 0 Å². The van der Waals surface area contributed by atoms with Crippen LogP contribution in [0.4, 0.5) is 0 Å². The summed E-state index contributed by atoms with van der Waals surface area (Å²) in [4.78, 5) is 13.8. The molecule has 0 aliphatic carbocycles. The quantitative estimate of drug-likeness (QED) is 0.425. The molecular formula is C15H32N4O. The number of carbonyl (C=O) groups is 1. The standard InChI is InChI=1S/C15H32N4O/c1-6-9-12-18(5)15(20)11-10-14(4)16-13-19(8-3)17-7-2/h7,14,16-17H,2,6,8-13H2,1,3-5H3. The molecule has 5 heteroatoms. The highest BCUT2D eigenvalue weighted by atomic mass is 16.2. The molecule has 0 aromatic heterocycles. The molecule has 0 rings (SSSR count). The van der Waals surface area contributed by atoms with Crippen LogP contribution in [0.2, 0.25) is 0 Å². The molecule has 0 saturated heterocycles. The van der Waals surface area contributed by atoms with Gasteiger partial charge in [0.15, 0.2) is 0 Å². The molecule has 0 spiro atoms. The summed E-state index contributed by atoms with van der Waals surface area (Å²) in [6.07, 6.45) is 5.34. The summed E-state index contributed by atoms with van der Waals surface area (Å²) >= 11 is 0. The monoisotopic (exact) mass is 284 g/mol. The van der Waals surface area contributed by atoms with Gasteiger partial charge in [0, 0.05) is 38.8 Å². The summed E-state index contributed by atoms with van der Waals surface area (Å²) in [7, 11) is 1.89. The van der Waals surface area contributed by atoms with Gasteiger partial charge in [-0.05, 0) is 19.8 Å². The van der Waals surface area contributed by atoms with Crippen molar-refractivity contribution in [1.29, 1.82) is 0 Å². The Labute approximate surface area is 124 Å². The molecule has 0 aromatic carbocycles. The number of rotatable bonds is 12. The summed E-state index contributed by atoms with van der Waals surface area (Å²) in [5.41, 5.74) is 3.05. The van der Waals surface area contributed by atoms with Gasteiger partial charge in [0.2, 0.25) is 5.91 Å². The highest BCUT2D eigenvalue weighted by molar-refractivity contribution is 5.75. The number of nitrogens with zero attached hydrogens (tertiary/aromatic N) is 2. The summed E-state index contributed by atoms with van der Waals surface area (Å²) < 4.78 is 0. The minimum Gasteiger partial charge on any atom is -0.346 e. The number of nitrogens with one attached hydrogen (secondary N) is 2. The molecule has 0 aromatic rings. The normalized spacial score (nSPS) is 12.2. The Morgan fingerprint density at radius 3 is 2.65 bits per heavy atom. The van der Waals surface area contributed by atoms with E-state index in [1.165, 1.54) is 0 Å². The molecule has 0 heterocycles. The van der Waals surface area contributed by atoms with E-state index in [1.54, 1.807) is 6.20 Å². The van der Waals surface area contributed by atoms with Crippen LogP contribution in [0, 0.1) is 0 Å². The third kappa shape index (κ3) is 8.93. The van der Waals surface area contributed by atoms with Gasteiger partial charge in [-0.1, -0.05) is 26.8 Å². The Morgan fingerprint density at radius 2 is 2.10 bits per heavy atom. The van der Waals surface area contributed by atoms with Crippen LogP contribution in [0.15, 0.2) is 12.8 Å². The van der Waals surface area contributed by atoms with Gasteiger partial charge >= 0.3 is 0 Å². The van der Waals surface area contributed by atoms with E-state index in [2.05, 4.69) is 38.1 Å². The molecule has 0 aliphatic rings. The van der Waals surface area contributed by atoms with Gasteiger partial charge in [-0.2, -0.15) is 0 Å². The fourth-order valence-electron chi connectivity index (χ4n) is 1.80. The molecule has 0 aliphatic heterocycles. The van der Waals surface area contributed by atoms with Crippen LogP contribution in [0.5, 0.6) is 0 Å². The van der Waals surface area contributed by atoms with Crippen molar-refractivity contribution in [3.05, 3.63) is 12.8 Å². The van der Waals surface area contributed by atoms with Crippen molar-refractivity contribution in [1.82, 2.24) is 20.7 Å². The fraction of sp³-hybridized carbons (Fsp3) is 0.800. The number of amides is 1. The third-order valence-corrected chi connectivity index (χ3v) is 3.35. The van der Waals surface area contributed by atoms with Crippen molar-refractivity contribution in [2.24, 2.45) is 0 Å². The molecular weight excluding hydrogens is 252 g/mol. The molecule has 2 N–H and O–H groups in total. The van der Waals surface area contributed by atoms with Crippen LogP contribution in [-0.4, -0.2) is 48.7 Å². The number of hydrazine groups is 1. The first-order chi connectivity index (χ1) is 9.54. The van der Waals surface area contributed by atoms with Gasteiger partial charge in [0.1, 0.15) is 0 Å². The summed E-state index contributed by atoms with van der Waals surface area (Å²) in [5.74, 6) is 0.240. The number of carbonyl (C=O) groups excluding carboxylic acids is 1. The van der Waals surface area contributed by atoms with Crippen molar-refractivity contribution in [3.8, 4) is 0 Å². The van der Waals surface area contributed by atoms with Crippen LogP contribution in [0.1, 0.15) is 46.5 Å². The van der Waals surface area contributed by atoms with Crippen LogP contribution in [-0.2, 0) is 4.79 Å². The van der Waals surface area contributed by atoms with E-state index >= 15 is 0 Å². The van der Waals surface area contributed by atoms with E-state index in [0.717, 1.165) is 39.0 Å². The molecule has 5 nitrogen and oxygen atoms in total. The topological polar surface area (TPSA) is 47.6 Å². The number of unbranched alkanes of at least 4 members (excludes halogenated alkanes) is 1. The van der Waals surface area contributed by atoms with E-state index in [9.17, 15) is 4.79 Å². The second-order valence-corrected chi connectivity index (χ2v) is 5.16. The second kappa shape index (κ2) is 11.7.